The number of thiophene rings is 1. The van der Waals surface area contributed by atoms with Crippen LogP contribution in [0.5, 0.6) is 0 Å². The van der Waals surface area contributed by atoms with E-state index in [-0.39, 0.29) is 17.9 Å². The van der Waals surface area contributed by atoms with E-state index in [9.17, 15) is 9.59 Å². The summed E-state index contributed by atoms with van der Waals surface area (Å²) in [5, 5.41) is 1.97. The molecule has 1 fully saturated rings. The summed E-state index contributed by atoms with van der Waals surface area (Å²) in [7, 11) is 0. The average molecular weight is 410 g/mol. The summed E-state index contributed by atoms with van der Waals surface area (Å²) in [5.41, 5.74) is 2.35. The van der Waals surface area contributed by atoms with E-state index < -0.39 is 0 Å². The minimum absolute atomic E-state index is 0.0371. The van der Waals surface area contributed by atoms with Crippen LogP contribution < -0.4 is 0 Å². The zero-order valence-corrected chi connectivity index (χ0v) is 17.7. The first-order chi connectivity index (χ1) is 14.2. The minimum atomic E-state index is -0.110. The molecule has 0 spiro atoms. The van der Waals surface area contributed by atoms with Crippen molar-refractivity contribution in [3.05, 3.63) is 58.2 Å². The van der Waals surface area contributed by atoms with Crippen LogP contribution in [0.4, 0.5) is 0 Å². The Bertz CT molecular complexity index is 886. The van der Waals surface area contributed by atoms with Crippen LogP contribution in [0.2, 0.25) is 0 Å². The molecule has 0 atom stereocenters. The normalized spacial score (nSPS) is 18.0. The van der Waals surface area contributed by atoms with Gasteiger partial charge in [0.15, 0.2) is 0 Å². The molecule has 6 heteroatoms. The van der Waals surface area contributed by atoms with Gasteiger partial charge in [-0.25, -0.2) is 0 Å². The Morgan fingerprint density at radius 2 is 1.86 bits per heavy atom. The summed E-state index contributed by atoms with van der Waals surface area (Å²) in [6.07, 6.45) is 9.60. The van der Waals surface area contributed by atoms with E-state index in [0.29, 0.717) is 24.4 Å². The maximum absolute atomic E-state index is 13.5. The lowest BCUT2D eigenvalue weighted by atomic mass is 9.94. The van der Waals surface area contributed by atoms with E-state index in [1.165, 1.54) is 23.3 Å². The SMILES string of the molecule is CCN(CCc1ccncc1)C1=C(c2cccs2)C(=O)N(C2CCCCC2)C1=O. The van der Waals surface area contributed by atoms with Gasteiger partial charge in [-0.2, -0.15) is 0 Å². The number of pyridine rings is 1. The summed E-state index contributed by atoms with van der Waals surface area (Å²) in [4.78, 5) is 35.6. The van der Waals surface area contributed by atoms with Crippen molar-refractivity contribution in [2.24, 2.45) is 0 Å². The molecule has 2 aromatic heterocycles. The van der Waals surface area contributed by atoms with Crippen LogP contribution in [0.25, 0.3) is 5.57 Å². The first kappa shape index (κ1) is 19.8. The maximum atomic E-state index is 13.5. The number of hydrogen-bond acceptors (Lipinski definition) is 5. The Morgan fingerprint density at radius 1 is 1.10 bits per heavy atom. The molecule has 0 unspecified atom stereocenters. The first-order valence-electron chi connectivity index (χ1n) is 10.5. The van der Waals surface area contributed by atoms with Crippen LogP contribution in [0, 0.1) is 0 Å². The predicted molar refractivity (Wildman–Crippen MR) is 115 cm³/mol. The molecule has 1 aliphatic heterocycles. The van der Waals surface area contributed by atoms with Crippen molar-refractivity contribution in [2.75, 3.05) is 13.1 Å². The van der Waals surface area contributed by atoms with E-state index in [1.54, 1.807) is 17.3 Å². The number of likely N-dealkylation sites (N-methyl/N-ethyl adjacent to an activating group) is 1. The summed E-state index contributed by atoms with van der Waals surface area (Å²) in [6, 6.07) is 7.93. The van der Waals surface area contributed by atoms with E-state index in [4.69, 9.17) is 0 Å². The molecule has 0 N–H and O–H groups in total. The molecule has 0 aromatic carbocycles. The summed E-state index contributed by atoms with van der Waals surface area (Å²) >= 11 is 1.53. The molecular formula is C23H27N3O2S. The highest BCUT2D eigenvalue weighted by atomic mass is 32.1. The molecule has 0 saturated heterocycles. The minimum Gasteiger partial charge on any atom is -0.366 e. The fraction of sp³-hybridized carbons (Fsp3) is 0.435. The van der Waals surface area contributed by atoms with Gasteiger partial charge in [-0.05, 0) is 55.3 Å². The highest BCUT2D eigenvalue weighted by Crippen LogP contribution is 2.37. The zero-order valence-electron chi connectivity index (χ0n) is 16.8. The summed E-state index contributed by atoms with van der Waals surface area (Å²) in [5.74, 6) is -0.219. The van der Waals surface area contributed by atoms with Gasteiger partial charge in [0.1, 0.15) is 5.70 Å². The van der Waals surface area contributed by atoms with Crippen molar-refractivity contribution >= 4 is 28.7 Å². The summed E-state index contributed by atoms with van der Waals surface area (Å²) in [6.45, 7) is 3.43. The van der Waals surface area contributed by atoms with Gasteiger partial charge in [0.05, 0.1) is 5.57 Å². The van der Waals surface area contributed by atoms with Gasteiger partial charge < -0.3 is 4.90 Å². The quantitative estimate of drug-likeness (QED) is 0.646. The molecule has 3 heterocycles. The second kappa shape index (κ2) is 8.91. The Labute approximate surface area is 176 Å². The highest BCUT2D eigenvalue weighted by molar-refractivity contribution is 7.11. The second-order valence-corrected chi connectivity index (χ2v) is 8.61. The van der Waals surface area contributed by atoms with Gasteiger partial charge >= 0.3 is 0 Å². The van der Waals surface area contributed by atoms with Gasteiger partial charge in [0.25, 0.3) is 11.8 Å². The van der Waals surface area contributed by atoms with E-state index in [1.807, 2.05) is 36.6 Å². The smallest absolute Gasteiger partial charge is 0.278 e. The molecular weight excluding hydrogens is 382 g/mol. The Balaban J connectivity index is 1.65. The molecule has 1 aliphatic carbocycles. The lowest BCUT2D eigenvalue weighted by Gasteiger charge is -2.31. The molecule has 0 radical (unpaired) electrons. The molecule has 4 rings (SSSR count). The molecule has 0 bridgehead atoms. The fourth-order valence-electron chi connectivity index (χ4n) is 4.38. The average Bonchev–Trinajstić information content (AvgIpc) is 3.37. The maximum Gasteiger partial charge on any atom is 0.278 e. The van der Waals surface area contributed by atoms with Crippen molar-refractivity contribution in [3.8, 4) is 0 Å². The topological polar surface area (TPSA) is 53.5 Å². The van der Waals surface area contributed by atoms with Crippen molar-refractivity contribution in [1.29, 1.82) is 0 Å². The lowest BCUT2D eigenvalue weighted by Crippen LogP contribution is -2.43. The van der Waals surface area contributed by atoms with Crippen LogP contribution >= 0.6 is 11.3 Å². The number of nitrogens with zero attached hydrogens (tertiary/aromatic N) is 3. The van der Waals surface area contributed by atoms with Gasteiger partial charge in [-0.3, -0.25) is 19.5 Å². The van der Waals surface area contributed by atoms with Crippen molar-refractivity contribution in [3.63, 3.8) is 0 Å². The Morgan fingerprint density at radius 3 is 2.52 bits per heavy atom. The first-order valence-corrected chi connectivity index (χ1v) is 11.4. The largest absolute Gasteiger partial charge is 0.366 e. The van der Waals surface area contributed by atoms with E-state index in [0.717, 1.165) is 37.0 Å². The van der Waals surface area contributed by atoms with Gasteiger partial charge in [0, 0.05) is 36.4 Å². The number of rotatable bonds is 7. The Hall–Kier alpha value is -2.47. The number of imide groups is 1. The van der Waals surface area contributed by atoms with Crippen LogP contribution in [0.3, 0.4) is 0 Å². The van der Waals surface area contributed by atoms with E-state index >= 15 is 0 Å². The van der Waals surface area contributed by atoms with Crippen molar-refractivity contribution in [2.45, 2.75) is 51.5 Å². The van der Waals surface area contributed by atoms with Gasteiger partial charge in [0.2, 0.25) is 0 Å². The van der Waals surface area contributed by atoms with Gasteiger partial charge in [-0.1, -0.05) is 25.3 Å². The molecule has 2 aliphatic rings. The number of aromatic nitrogens is 1. The lowest BCUT2D eigenvalue weighted by molar-refractivity contribution is -0.141. The third kappa shape index (κ3) is 3.99. The summed E-state index contributed by atoms with van der Waals surface area (Å²) < 4.78 is 0. The van der Waals surface area contributed by atoms with Crippen LogP contribution in [-0.4, -0.2) is 45.7 Å². The van der Waals surface area contributed by atoms with Crippen molar-refractivity contribution < 1.29 is 9.59 Å². The number of carbonyl (C=O) groups is 2. The highest BCUT2D eigenvalue weighted by Gasteiger charge is 2.44. The molecule has 5 nitrogen and oxygen atoms in total. The standard InChI is InChI=1S/C23H27N3O2S/c1-2-25(15-12-17-10-13-24-14-11-17)21-20(19-9-6-16-29-19)22(27)26(23(21)28)18-7-4-3-5-8-18/h6,9-11,13-14,16,18H,2-5,7-8,12,15H2,1H3. The molecule has 1 saturated carbocycles. The van der Waals surface area contributed by atoms with Crippen LogP contribution in [0.15, 0.2) is 47.7 Å². The molecule has 2 amide bonds. The second-order valence-electron chi connectivity index (χ2n) is 7.66. The van der Waals surface area contributed by atoms with Crippen molar-refractivity contribution in [1.82, 2.24) is 14.8 Å². The Kier molecular flexibility index (Phi) is 6.09. The van der Waals surface area contributed by atoms with Crippen LogP contribution in [-0.2, 0) is 16.0 Å². The third-order valence-corrected chi connectivity index (χ3v) is 6.80. The number of amides is 2. The van der Waals surface area contributed by atoms with Gasteiger partial charge in [-0.15, -0.1) is 11.3 Å². The van der Waals surface area contributed by atoms with Crippen LogP contribution in [0.1, 0.15) is 49.5 Å². The monoisotopic (exact) mass is 409 g/mol. The fourth-order valence-corrected chi connectivity index (χ4v) is 5.15. The molecule has 29 heavy (non-hydrogen) atoms. The zero-order chi connectivity index (χ0) is 20.2. The third-order valence-electron chi connectivity index (χ3n) is 5.92. The predicted octanol–water partition coefficient (Wildman–Crippen LogP) is 4.12. The number of carbonyl (C=O) groups excluding carboxylic acids is 2. The number of hydrogen-bond donors (Lipinski definition) is 0. The molecule has 152 valence electrons. The molecule has 2 aromatic rings. The van der Waals surface area contributed by atoms with E-state index in [2.05, 4.69) is 9.88 Å².